The number of carbonyl (C=O) groups excluding carboxylic acids is 6. The van der Waals surface area contributed by atoms with Crippen molar-refractivity contribution in [3.05, 3.63) is 81.8 Å². The van der Waals surface area contributed by atoms with Crippen molar-refractivity contribution in [1.82, 2.24) is 35.7 Å². The Morgan fingerprint density at radius 1 is 0.982 bits per heavy atom. The van der Waals surface area contributed by atoms with E-state index in [2.05, 4.69) is 43.1 Å². The quantitative estimate of drug-likeness (QED) is 0.124. The lowest BCUT2D eigenvalue weighted by Crippen LogP contribution is -2.54. The smallest absolute Gasteiger partial charge is 0.264 e. The molecule has 17 heteroatoms. The van der Waals surface area contributed by atoms with Crippen molar-refractivity contribution in [3.8, 4) is 0 Å². The molecule has 16 nitrogen and oxygen atoms in total. The molecular weight excluding hydrogens is 742 g/mol. The van der Waals surface area contributed by atoms with Gasteiger partial charge in [0.15, 0.2) is 0 Å². The monoisotopic (exact) mass is 785 g/mol. The van der Waals surface area contributed by atoms with Crippen LogP contribution in [0.5, 0.6) is 0 Å². The number of imide groups is 2. The number of piperazine rings is 1. The topological polar surface area (TPSA) is 206 Å². The van der Waals surface area contributed by atoms with Gasteiger partial charge in [0.1, 0.15) is 18.2 Å². The molecule has 0 saturated carbocycles. The zero-order valence-corrected chi connectivity index (χ0v) is 31.7. The van der Waals surface area contributed by atoms with Crippen molar-refractivity contribution in [2.24, 2.45) is 0 Å². The number of amides is 6. The number of halogens is 1. The molecule has 0 spiro atoms. The minimum atomic E-state index is -1.06. The van der Waals surface area contributed by atoms with Crippen molar-refractivity contribution in [2.45, 2.75) is 56.6 Å². The molecule has 2 saturated heterocycles. The molecule has 0 bridgehead atoms. The molecule has 4 aliphatic rings. The highest BCUT2D eigenvalue weighted by Crippen LogP contribution is 2.43. The molecule has 3 aromatic rings. The van der Waals surface area contributed by atoms with Gasteiger partial charge < -0.3 is 30.9 Å². The molecule has 7 rings (SSSR count). The van der Waals surface area contributed by atoms with Gasteiger partial charge in [0, 0.05) is 81.5 Å². The van der Waals surface area contributed by atoms with E-state index in [0.29, 0.717) is 62.1 Å². The molecular formula is C39H44ClN9O7. The second-order valence-electron chi connectivity index (χ2n) is 14.5. The van der Waals surface area contributed by atoms with Crippen LogP contribution >= 0.6 is 11.6 Å². The average molecular weight is 786 g/mol. The van der Waals surface area contributed by atoms with E-state index < -0.39 is 41.7 Å². The van der Waals surface area contributed by atoms with E-state index in [9.17, 15) is 33.9 Å². The standard InChI is InChI=1S/C39H44ClN9O7/c1-22-19-29(50)34-32(22)35(45-21-44-34)47-15-17-48(18-16-47)37(54)26(23-5-7-24(40)8-6-23)20-41-12-11-30(51)43-14-13-42-27-4-2-3-25-33(27)39(56)49(38(25)55)28-9-10-31(52)46-36(28)53/h2-8,21-22,26,28-29,41-42,50H,9-20H2,1H3,(H,43,51)(H,46,52,53)/t22-,26-,28?,29-/m1/s1. The molecule has 0 radical (unpaired) electrons. The molecule has 2 fully saturated rings. The number of aliphatic hydroxyl groups is 1. The van der Waals surface area contributed by atoms with E-state index >= 15 is 0 Å². The Morgan fingerprint density at radius 3 is 2.50 bits per heavy atom. The molecule has 56 heavy (non-hydrogen) atoms. The third-order valence-corrected chi connectivity index (χ3v) is 11.1. The van der Waals surface area contributed by atoms with Crippen LogP contribution in [0.4, 0.5) is 11.5 Å². The first-order valence-electron chi connectivity index (χ1n) is 18.9. The van der Waals surface area contributed by atoms with Crippen LogP contribution in [-0.2, 0) is 19.2 Å². The summed E-state index contributed by atoms with van der Waals surface area (Å²) in [5, 5.41) is 22.4. The molecule has 3 aliphatic heterocycles. The summed E-state index contributed by atoms with van der Waals surface area (Å²) in [5.41, 5.74) is 3.20. The fourth-order valence-electron chi connectivity index (χ4n) is 7.95. The van der Waals surface area contributed by atoms with Gasteiger partial charge in [-0.3, -0.25) is 39.0 Å². The van der Waals surface area contributed by atoms with Gasteiger partial charge in [0.25, 0.3) is 11.8 Å². The maximum absolute atomic E-state index is 14.0. The Bertz CT molecular complexity index is 2040. The number of benzene rings is 2. The molecule has 4 atom stereocenters. The largest absolute Gasteiger partial charge is 0.387 e. The summed E-state index contributed by atoms with van der Waals surface area (Å²) in [6, 6.07) is 10.9. The third kappa shape index (κ3) is 7.94. The first kappa shape index (κ1) is 38.8. The number of nitrogens with zero attached hydrogens (tertiary/aromatic N) is 5. The minimum Gasteiger partial charge on any atom is -0.387 e. The van der Waals surface area contributed by atoms with Crippen LogP contribution in [-0.4, -0.2) is 119 Å². The molecule has 6 amide bonds. The number of carbonyl (C=O) groups is 6. The lowest BCUT2D eigenvalue weighted by molar-refractivity contribution is -0.136. The highest BCUT2D eigenvalue weighted by molar-refractivity contribution is 6.30. The normalized spacial score (nSPS) is 21.1. The van der Waals surface area contributed by atoms with Crippen molar-refractivity contribution >= 4 is 58.5 Å². The second-order valence-corrected chi connectivity index (χ2v) is 14.9. The van der Waals surface area contributed by atoms with Crippen LogP contribution in [0.2, 0.25) is 5.02 Å². The van der Waals surface area contributed by atoms with Crippen LogP contribution in [0.3, 0.4) is 0 Å². The molecule has 4 heterocycles. The van der Waals surface area contributed by atoms with E-state index in [1.807, 2.05) is 17.0 Å². The number of hydrogen-bond acceptors (Lipinski definition) is 12. The van der Waals surface area contributed by atoms with Gasteiger partial charge in [0.05, 0.1) is 28.8 Å². The number of aliphatic hydroxyl groups excluding tert-OH is 1. The van der Waals surface area contributed by atoms with Crippen molar-refractivity contribution in [2.75, 3.05) is 62.6 Å². The van der Waals surface area contributed by atoms with Gasteiger partial charge in [-0.2, -0.15) is 0 Å². The fourth-order valence-corrected chi connectivity index (χ4v) is 8.08. The molecule has 1 aliphatic carbocycles. The maximum Gasteiger partial charge on any atom is 0.264 e. The number of anilines is 2. The predicted molar refractivity (Wildman–Crippen MR) is 205 cm³/mol. The summed E-state index contributed by atoms with van der Waals surface area (Å²) in [6.45, 7) is 5.39. The van der Waals surface area contributed by atoms with Gasteiger partial charge >= 0.3 is 0 Å². The Balaban J connectivity index is 0.881. The number of aromatic nitrogens is 2. The van der Waals surface area contributed by atoms with E-state index in [1.165, 1.54) is 12.4 Å². The Hall–Kier alpha value is -5.45. The first-order valence-corrected chi connectivity index (χ1v) is 19.3. The summed E-state index contributed by atoms with van der Waals surface area (Å²) < 4.78 is 0. The van der Waals surface area contributed by atoms with Crippen LogP contribution < -0.4 is 26.2 Å². The van der Waals surface area contributed by atoms with Gasteiger partial charge in [-0.25, -0.2) is 9.97 Å². The van der Waals surface area contributed by atoms with E-state index in [0.717, 1.165) is 21.8 Å². The number of nitrogens with one attached hydrogen (secondary N) is 4. The highest BCUT2D eigenvalue weighted by atomic mass is 35.5. The molecule has 1 unspecified atom stereocenters. The summed E-state index contributed by atoms with van der Waals surface area (Å²) in [7, 11) is 0. The second kappa shape index (κ2) is 16.7. The zero-order chi connectivity index (χ0) is 39.5. The van der Waals surface area contributed by atoms with Gasteiger partial charge in [-0.05, 0) is 48.6 Å². The summed E-state index contributed by atoms with van der Waals surface area (Å²) in [4.78, 5) is 91.0. The number of piperidine rings is 1. The Kier molecular flexibility index (Phi) is 11.6. The highest BCUT2D eigenvalue weighted by Gasteiger charge is 2.45. The van der Waals surface area contributed by atoms with Crippen molar-refractivity contribution < 1.29 is 33.9 Å². The van der Waals surface area contributed by atoms with E-state index in [-0.39, 0.29) is 61.2 Å². The number of fused-ring (bicyclic) bond motifs is 2. The van der Waals surface area contributed by atoms with E-state index in [1.54, 1.807) is 24.3 Å². The minimum absolute atomic E-state index is 0.0282. The lowest BCUT2D eigenvalue weighted by atomic mass is 9.97. The van der Waals surface area contributed by atoms with Crippen molar-refractivity contribution in [1.29, 1.82) is 0 Å². The molecule has 5 N–H and O–H groups in total. The molecule has 294 valence electrons. The predicted octanol–water partition coefficient (Wildman–Crippen LogP) is 1.71. The fraction of sp³-hybridized carbons (Fsp3) is 0.436. The SMILES string of the molecule is C[C@@H]1C[C@@H](O)c2ncnc(N3CCN(C(=O)[C@H](CNCCC(=O)NCCNc4cccc5c4C(=O)N(C4CCC(=O)NC4=O)C5=O)c4ccc(Cl)cc4)CC3)c21. The number of hydrogen-bond donors (Lipinski definition) is 5. The first-order chi connectivity index (χ1) is 27.0. The van der Waals surface area contributed by atoms with Gasteiger partial charge in [-0.1, -0.05) is 36.7 Å². The van der Waals surface area contributed by atoms with Gasteiger partial charge in [0.2, 0.25) is 23.6 Å². The maximum atomic E-state index is 14.0. The molecule has 2 aromatic carbocycles. The zero-order valence-electron chi connectivity index (χ0n) is 30.9. The average Bonchev–Trinajstić information content (AvgIpc) is 3.63. The van der Waals surface area contributed by atoms with Crippen LogP contribution in [0.15, 0.2) is 48.8 Å². The van der Waals surface area contributed by atoms with Crippen LogP contribution in [0, 0.1) is 0 Å². The molecule has 1 aromatic heterocycles. The number of rotatable bonds is 13. The third-order valence-electron chi connectivity index (χ3n) is 10.8. The van der Waals surface area contributed by atoms with Crippen molar-refractivity contribution in [3.63, 3.8) is 0 Å². The van der Waals surface area contributed by atoms with Crippen LogP contribution in [0.1, 0.15) is 88.1 Å². The van der Waals surface area contributed by atoms with Crippen LogP contribution in [0.25, 0.3) is 0 Å². The summed E-state index contributed by atoms with van der Waals surface area (Å²) in [6.07, 6.45) is 1.78. The Morgan fingerprint density at radius 2 is 1.75 bits per heavy atom. The van der Waals surface area contributed by atoms with E-state index in [4.69, 9.17) is 11.6 Å². The van der Waals surface area contributed by atoms with Gasteiger partial charge in [-0.15, -0.1) is 0 Å². The lowest BCUT2D eigenvalue weighted by Gasteiger charge is -2.38. The summed E-state index contributed by atoms with van der Waals surface area (Å²) >= 11 is 6.16. The summed E-state index contributed by atoms with van der Waals surface area (Å²) in [5.74, 6) is -2.10. The Labute approximate surface area is 328 Å².